The first-order valence-electron chi connectivity index (χ1n) is 12.2. The predicted molar refractivity (Wildman–Crippen MR) is 132 cm³/mol. The highest BCUT2D eigenvalue weighted by Gasteiger charge is 2.50. The van der Waals surface area contributed by atoms with Crippen molar-refractivity contribution >= 4 is 17.5 Å². The molecule has 2 unspecified atom stereocenters. The molecule has 10 heteroatoms. The minimum Gasteiger partial charge on any atom is -0.336 e. The number of benzene rings is 3. The Morgan fingerprint density at radius 1 is 0.921 bits per heavy atom. The van der Waals surface area contributed by atoms with Gasteiger partial charge in [0.05, 0.1) is 22.1 Å². The van der Waals surface area contributed by atoms with Gasteiger partial charge in [0.2, 0.25) is 0 Å². The van der Waals surface area contributed by atoms with Gasteiger partial charge in [-0.15, -0.1) is 0 Å². The van der Waals surface area contributed by atoms with Crippen molar-refractivity contribution in [1.29, 1.82) is 0 Å². The number of carbonyl (C=O) groups excluding carboxylic acids is 2. The summed E-state index contributed by atoms with van der Waals surface area (Å²) in [6.45, 7) is 1.06. The van der Waals surface area contributed by atoms with Gasteiger partial charge in [0.15, 0.2) is 6.17 Å². The molecule has 0 radical (unpaired) electrons. The Kier molecular flexibility index (Phi) is 6.64. The summed E-state index contributed by atoms with van der Waals surface area (Å²) in [5, 5.41) is 10.9. The molecule has 2 amide bonds. The smallest absolute Gasteiger partial charge is 0.272 e. The number of hydrogen-bond donors (Lipinski definition) is 0. The van der Waals surface area contributed by atoms with Gasteiger partial charge in [0, 0.05) is 31.3 Å². The fourth-order valence-corrected chi connectivity index (χ4v) is 5.37. The van der Waals surface area contributed by atoms with Gasteiger partial charge in [-0.25, -0.2) is 13.2 Å². The van der Waals surface area contributed by atoms with Crippen LogP contribution < -0.4 is 0 Å². The molecule has 2 heterocycles. The van der Waals surface area contributed by atoms with E-state index in [0.717, 1.165) is 24.3 Å². The van der Waals surface area contributed by atoms with Crippen LogP contribution in [0, 0.1) is 21.7 Å². The third kappa shape index (κ3) is 4.62. The first-order valence-corrected chi connectivity index (χ1v) is 12.2. The monoisotopic (exact) mass is 523 g/mol. The van der Waals surface area contributed by atoms with Gasteiger partial charge in [-0.3, -0.25) is 19.7 Å². The van der Waals surface area contributed by atoms with Gasteiger partial charge in [-0.05, 0) is 60.7 Å². The van der Waals surface area contributed by atoms with E-state index in [2.05, 4.69) is 0 Å². The van der Waals surface area contributed by atoms with Crippen LogP contribution in [0.25, 0.3) is 0 Å². The van der Waals surface area contributed by atoms with E-state index in [9.17, 15) is 28.5 Å². The SMILES string of the molecule is O=C(c1cccc(C(F)c2cccc(F)c2)c1)N1CCCC2(CCN2C(=O)c2ccc([N+](=O)[O-])cc2F)C1. The molecular formula is C28H24F3N3O4. The maximum absolute atomic E-state index is 15.1. The Hall–Kier alpha value is -4.21. The van der Waals surface area contributed by atoms with Crippen molar-refractivity contribution in [1.82, 2.24) is 9.80 Å². The molecule has 7 nitrogen and oxygen atoms in total. The normalized spacial score (nSPS) is 19.7. The van der Waals surface area contributed by atoms with Gasteiger partial charge < -0.3 is 9.80 Å². The van der Waals surface area contributed by atoms with E-state index in [1.807, 2.05) is 0 Å². The van der Waals surface area contributed by atoms with Crippen LogP contribution in [-0.2, 0) is 0 Å². The number of non-ortho nitro benzene ring substituents is 1. The number of carbonyl (C=O) groups is 2. The lowest BCUT2D eigenvalue weighted by Crippen LogP contribution is -2.69. The zero-order chi connectivity index (χ0) is 27.0. The van der Waals surface area contributed by atoms with E-state index in [4.69, 9.17) is 0 Å². The van der Waals surface area contributed by atoms with E-state index < -0.39 is 39.9 Å². The maximum Gasteiger partial charge on any atom is 0.272 e. The molecule has 2 aliphatic rings. The Labute approximate surface area is 216 Å². The number of amides is 2. The topological polar surface area (TPSA) is 83.8 Å². The van der Waals surface area contributed by atoms with Gasteiger partial charge in [-0.1, -0.05) is 24.3 Å². The van der Waals surface area contributed by atoms with Crippen molar-refractivity contribution in [2.24, 2.45) is 0 Å². The molecule has 3 aromatic carbocycles. The summed E-state index contributed by atoms with van der Waals surface area (Å²) in [4.78, 5) is 39.9. The van der Waals surface area contributed by atoms with Crippen LogP contribution in [0.1, 0.15) is 57.3 Å². The molecule has 1 spiro atoms. The number of nitro groups is 1. The second-order valence-electron chi connectivity index (χ2n) is 9.73. The molecule has 2 atom stereocenters. The lowest BCUT2D eigenvalue weighted by molar-refractivity contribution is -0.385. The first-order chi connectivity index (χ1) is 18.2. The van der Waals surface area contributed by atoms with E-state index in [0.29, 0.717) is 32.4 Å². The van der Waals surface area contributed by atoms with Crippen LogP contribution in [0.4, 0.5) is 18.9 Å². The zero-order valence-electron chi connectivity index (χ0n) is 20.3. The van der Waals surface area contributed by atoms with Gasteiger partial charge in [-0.2, -0.15) is 0 Å². The number of alkyl halides is 1. The van der Waals surface area contributed by atoms with Crippen LogP contribution in [0.15, 0.2) is 66.7 Å². The lowest BCUT2D eigenvalue weighted by atomic mass is 9.77. The van der Waals surface area contributed by atoms with Crippen molar-refractivity contribution in [2.45, 2.75) is 31.0 Å². The predicted octanol–water partition coefficient (Wildman–Crippen LogP) is 5.45. The number of likely N-dealkylation sites (tertiary alicyclic amines) is 2. The number of hydrogen-bond acceptors (Lipinski definition) is 4. The summed E-state index contributed by atoms with van der Waals surface area (Å²) in [5.74, 6) is -2.41. The second-order valence-corrected chi connectivity index (χ2v) is 9.73. The van der Waals surface area contributed by atoms with Crippen LogP contribution >= 0.6 is 0 Å². The van der Waals surface area contributed by atoms with Gasteiger partial charge in [0.25, 0.3) is 17.5 Å². The molecule has 3 aromatic rings. The van der Waals surface area contributed by atoms with Gasteiger partial charge >= 0.3 is 0 Å². The molecule has 0 saturated carbocycles. The molecule has 196 valence electrons. The number of piperidine rings is 1. The highest BCUT2D eigenvalue weighted by Crippen LogP contribution is 2.40. The highest BCUT2D eigenvalue weighted by molar-refractivity contribution is 5.97. The molecular weight excluding hydrogens is 499 g/mol. The minimum atomic E-state index is -1.61. The van der Waals surface area contributed by atoms with E-state index >= 15 is 4.39 Å². The van der Waals surface area contributed by atoms with Crippen molar-refractivity contribution in [3.05, 3.63) is 111 Å². The maximum atomic E-state index is 15.1. The van der Waals surface area contributed by atoms with E-state index in [-0.39, 0.29) is 34.7 Å². The summed E-state index contributed by atoms with van der Waals surface area (Å²) >= 11 is 0. The van der Waals surface area contributed by atoms with E-state index in [1.54, 1.807) is 17.0 Å². The number of nitro benzene ring substituents is 1. The molecule has 2 aliphatic heterocycles. The third-order valence-corrected chi connectivity index (χ3v) is 7.42. The van der Waals surface area contributed by atoms with E-state index in [1.165, 1.54) is 35.2 Å². The van der Waals surface area contributed by atoms with Crippen LogP contribution in [0.3, 0.4) is 0 Å². The molecule has 5 rings (SSSR count). The molecule has 0 N–H and O–H groups in total. The first kappa shape index (κ1) is 25.4. The molecule has 0 aromatic heterocycles. The van der Waals surface area contributed by atoms with Crippen LogP contribution in [0.2, 0.25) is 0 Å². The highest BCUT2D eigenvalue weighted by atomic mass is 19.1. The molecule has 0 bridgehead atoms. The number of halogens is 3. The largest absolute Gasteiger partial charge is 0.336 e. The van der Waals surface area contributed by atoms with Crippen molar-refractivity contribution in [3.63, 3.8) is 0 Å². The average molecular weight is 524 g/mol. The van der Waals surface area contributed by atoms with Crippen molar-refractivity contribution in [3.8, 4) is 0 Å². The molecule has 38 heavy (non-hydrogen) atoms. The molecule has 2 saturated heterocycles. The van der Waals surface area contributed by atoms with Crippen molar-refractivity contribution < 1.29 is 27.7 Å². The fourth-order valence-electron chi connectivity index (χ4n) is 5.37. The Morgan fingerprint density at radius 2 is 1.66 bits per heavy atom. The summed E-state index contributed by atoms with van der Waals surface area (Å²) in [6.07, 6.45) is 0.266. The molecule has 2 fully saturated rings. The standard InChI is InChI=1S/C28H24F3N3O4/c29-21-7-2-5-19(15-21)25(31)18-4-1-6-20(14-18)26(35)32-12-3-10-28(17-32)11-13-33(28)27(36)23-9-8-22(34(37)38)16-24(23)30/h1-2,4-9,14-16,25H,3,10-13,17H2. The Bertz CT molecular complexity index is 1430. The summed E-state index contributed by atoms with van der Waals surface area (Å²) in [6, 6.07) is 14.3. The minimum absolute atomic E-state index is 0.147. The van der Waals surface area contributed by atoms with Gasteiger partial charge in [0.1, 0.15) is 11.6 Å². The zero-order valence-corrected chi connectivity index (χ0v) is 20.3. The Morgan fingerprint density at radius 3 is 2.32 bits per heavy atom. The Balaban J connectivity index is 1.33. The third-order valence-electron chi connectivity index (χ3n) is 7.42. The second kappa shape index (κ2) is 9.92. The fraction of sp³-hybridized carbons (Fsp3) is 0.286. The number of nitrogens with zero attached hydrogens (tertiary/aromatic N) is 3. The average Bonchev–Trinajstić information content (AvgIpc) is 2.91. The molecule has 0 aliphatic carbocycles. The van der Waals surface area contributed by atoms with Crippen LogP contribution in [0.5, 0.6) is 0 Å². The summed E-state index contributed by atoms with van der Waals surface area (Å²) in [5.41, 5.74) is -0.715. The quantitative estimate of drug-likeness (QED) is 0.329. The van der Waals surface area contributed by atoms with Crippen LogP contribution in [-0.4, -0.2) is 51.7 Å². The summed E-state index contributed by atoms with van der Waals surface area (Å²) in [7, 11) is 0. The lowest BCUT2D eigenvalue weighted by Gasteiger charge is -2.57. The number of rotatable bonds is 5. The van der Waals surface area contributed by atoms with Crippen molar-refractivity contribution in [2.75, 3.05) is 19.6 Å². The summed E-state index contributed by atoms with van der Waals surface area (Å²) < 4.78 is 43.2.